The summed E-state index contributed by atoms with van der Waals surface area (Å²) in [7, 11) is 0. The van der Waals surface area contributed by atoms with Crippen LogP contribution in [0.15, 0.2) is 6.20 Å². The van der Waals surface area contributed by atoms with Gasteiger partial charge >= 0.3 is 0 Å². The van der Waals surface area contributed by atoms with Gasteiger partial charge in [0.05, 0.1) is 11.2 Å². The van der Waals surface area contributed by atoms with E-state index in [9.17, 15) is 4.79 Å². The molecule has 7 heteroatoms. The van der Waals surface area contributed by atoms with Gasteiger partial charge in [0.2, 0.25) is 0 Å². The van der Waals surface area contributed by atoms with Gasteiger partial charge in [-0.2, -0.15) is 0 Å². The quantitative estimate of drug-likeness (QED) is 0.771. The molecule has 6 nitrogen and oxygen atoms in total. The minimum absolute atomic E-state index is 0.163. The molecule has 22 heavy (non-hydrogen) atoms. The Labute approximate surface area is 136 Å². The van der Waals surface area contributed by atoms with Crippen LogP contribution < -0.4 is 10.6 Å². The summed E-state index contributed by atoms with van der Waals surface area (Å²) in [4.78, 5) is 23.0. The van der Waals surface area contributed by atoms with Gasteiger partial charge in [0.25, 0.3) is 5.91 Å². The molecule has 2 N–H and O–H groups in total. The van der Waals surface area contributed by atoms with Crippen LogP contribution in [0.5, 0.6) is 0 Å². The number of halogens is 1. The number of hydrogen-bond donors (Lipinski definition) is 2. The molecule has 1 amide bonds. The van der Waals surface area contributed by atoms with Crippen molar-refractivity contribution in [2.45, 2.75) is 26.2 Å². The van der Waals surface area contributed by atoms with Crippen molar-refractivity contribution in [3.8, 4) is 0 Å². The fraction of sp³-hybridized carbons (Fsp3) is 0.667. The molecule has 1 aromatic heterocycles. The van der Waals surface area contributed by atoms with Gasteiger partial charge < -0.3 is 15.5 Å². The van der Waals surface area contributed by atoms with Crippen molar-refractivity contribution in [3.63, 3.8) is 0 Å². The summed E-state index contributed by atoms with van der Waals surface area (Å²) in [6.07, 6.45) is 2.42. The highest BCUT2D eigenvalue weighted by Gasteiger charge is 2.15. The van der Waals surface area contributed by atoms with Gasteiger partial charge in [-0.15, -0.1) is 0 Å². The van der Waals surface area contributed by atoms with Crippen LogP contribution >= 0.6 is 11.6 Å². The van der Waals surface area contributed by atoms with E-state index in [-0.39, 0.29) is 17.5 Å². The monoisotopic (exact) mass is 325 g/mol. The third kappa shape index (κ3) is 4.90. The third-order valence-electron chi connectivity index (χ3n) is 3.64. The number of nitrogens with one attached hydrogen (secondary N) is 2. The molecule has 0 bridgehead atoms. The molecule has 2 heterocycles. The van der Waals surface area contributed by atoms with Gasteiger partial charge in [0, 0.05) is 38.6 Å². The normalized spacial score (nSPS) is 16.0. The number of carbonyl (C=O) groups is 1. The average molecular weight is 326 g/mol. The molecule has 1 saturated heterocycles. The lowest BCUT2D eigenvalue weighted by molar-refractivity contribution is 0.0946. The number of amides is 1. The lowest BCUT2D eigenvalue weighted by atomic mass is 10.2. The zero-order valence-corrected chi connectivity index (χ0v) is 14.0. The van der Waals surface area contributed by atoms with E-state index in [0.717, 1.165) is 39.1 Å². The Hall–Kier alpha value is -1.24. The molecule has 0 aliphatic carbocycles. The summed E-state index contributed by atoms with van der Waals surface area (Å²) >= 11 is 6.03. The van der Waals surface area contributed by atoms with Crippen LogP contribution in [0.2, 0.25) is 5.02 Å². The molecular formula is C15H24ClN5O. The Kier molecular flexibility index (Phi) is 6.54. The Bertz CT molecular complexity index is 503. The number of hydrogen-bond acceptors (Lipinski definition) is 5. The highest BCUT2D eigenvalue weighted by molar-refractivity contribution is 6.33. The average Bonchev–Trinajstić information content (AvgIpc) is 2.52. The molecule has 0 saturated carbocycles. The SMILES string of the molecule is CC(C)c1ncc(Cl)c(C(=O)NCCCN2CCNCC2)n1. The summed E-state index contributed by atoms with van der Waals surface area (Å²) in [5, 5.41) is 6.51. The second kappa shape index (κ2) is 8.41. The Morgan fingerprint density at radius 3 is 2.86 bits per heavy atom. The molecule has 1 aliphatic rings. The predicted octanol–water partition coefficient (Wildman–Crippen LogP) is 1.28. The third-order valence-corrected chi connectivity index (χ3v) is 3.92. The first-order valence-electron chi connectivity index (χ1n) is 7.81. The maximum atomic E-state index is 12.2. The van der Waals surface area contributed by atoms with Gasteiger partial charge in [-0.25, -0.2) is 9.97 Å². The van der Waals surface area contributed by atoms with Crippen LogP contribution in [0.1, 0.15) is 42.5 Å². The van der Waals surface area contributed by atoms with Crippen LogP contribution in [0.25, 0.3) is 0 Å². The van der Waals surface area contributed by atoms with Crippen molar-refractivity contribution in [3.05, 3.63) is 22.7 Å². The fourth-order valence-corrected chi connectivity index (χ4v) is 2.52. The van der Waals surface area contributed by atoms with Crippen molar-refractivity contribution >= 4 is 17.5 Å². The minimum Gasteiger partial charge on any atom is -0.351 e. The lowest BCUT2D eigenvalue weighted by Gasteiger charge is -2.27. The Morgan fingerprint density at radius 1 is 1.45 bits per heavy atom. The number of rotatable bonds is 6. The summed E-state index contributed by atoms with van der Waals surface area (Å²) in [5.74, 6) is 0.571. The lowest BCUT2D eigenvalue weighted by Crippen LogP contribution is -2.44. The molecule has 1 aliphatic heterocycles. The molecule has 122 valence electrons. The first-order valence-corrected chi connectivity index (χ1v) is 8.19. The van der Waals surface area contributed by atoms with Crippen LogP contribution in [-0.2, 0) is 0 Å². The largest absolute Gasteiger partial charge is 0.351 e. The topological polar surface area (TPSA) is 70.2 Å². The van der Waals surface area contributed by atoms with Gasteiger partial charge in [0.1, 0.15) is 11.5 Å². The van der Waals surface area contributed by atoms with E-state index in [2.05, 4.69) is 25.5 Å². The smallest absolute Gasteiger partial charge is 0.271 e. The van der Waals surface area contributed by atoms with Crippen LogP contribution in [0, 0.1) is 0 Å². The van der Waals surface area contributed by atoms with E-state index in [1.807, 2.05) is 13.8 Å². The highest BCUT2D eigenvalue weighted by atomic mass is 35.5. The second-order valence-electron chi connectivity index (χ2n) is 5.78. The highest BCUT2D eigenvalue weighted by Crippen LogP contribution is 2.16. The number of piperazine rings is 1. The maximum absolute atomic E-state index is 12.2. The van der Waals surface area contributed by atoms with Crippen LogP contribution in [0.4, 0.5) is 0 Å². The minimum atomic E-state index is -0.227. The van der Waals surface area contributed by atoms with Gasteiger partial charge in [-0.3, -0.25) is 4.79 Å². The summed E-state index contributed by atoms with van der Waals surface area (Å²) in [6, 6.07) is 0. The zero-order valence-electron chi connectivity index (χ0n) is 13.2. The molecule has 2 rings (SSSR count). The van der Waals surface area contributed by atoms with Gasteiger partial charge in [0.15, 0.2) is 0 Å². The fourth-order valence-electron chi connectivity index (χ4n) is 2.34. The van der Waals surface area contributed by atoms with Crippen molar-refractivity contribution in [2.24, 2.45) is 0 Å². The van der Waals surface area contributed by atoms with Crippen molar-refractivity contribution in [1.29, 1.82) is 0 Å². The van der Waals surface area contributed by atoms with E-state index < -0.39 is 0 Å². The number of carbonyl (C=O) groups excluding carboxylic acids is 1. The first-order chi connectivity index (χ1) is 10.6. The van der Waals surface area contributed by atoms with Crippen LogP contribution in [0.3, 0.4) is 0 Å². The molecule has 0 aromatic carbocycles. The molecule has 1 fully saturated rings. The number of nitrogens with zero attached hydrogens (tertiary/aromatic N) is 3. The zero-order chi connectivity index (χ0) is 15.9. The van der Waals surface area contributed by atoms with E-state index in [0.29, 0.717) is 17.4 Å². The first kappa shape index (κ1) is 17.1. The molecular weight excluding hydrogens is 302 g/mol. The standard InChI is InChI=1S/C15H24ClN5O/c1-11(2)14-19-10-12(16)13(20-14)15(22)18-4-3-7-21-8-5-17-6-9-21/h10-11,17H,3-9H2,1-2H3,(H,18,22). The van der Waals surface area contributed by atoms with E-state index >= 15 is 0 Å². The van der Waals surface area contributed by atoms with Crippen LogP contribution in [-0.4, -0.2) is 60.0 Å². The summed E-state index contributed by atoms with van der Waals surface area (Å²) in [5.41, 5.74) is 0.266. The molecule has 0 atom stereocenters. The van der Waals surface area contributed by atoms with E-state index in [1.54, 1.807) is 0 Å². The molecule has 0 spiro atoms. The Morgan fingerprint density at radius 2 is 2.18 bits per heavy atom. The molecule has 1 aromatic rings. The summed E-state index contributed by atoms with van der Waals surface area (Å²) in [6.45, 7) is 9.82. The van der Waals surface area contributed by atoms with E-state index in [4.69, 9.17) is 11.6 Å². The number of aromatic nitrogens is 2. The predicted molar refractivity (Wildman–Crippen MR) is 87.4 cm³/mol. The maximum Gasteiger partial charge on any atom is 0.271 e. The van der Waals surface area contributed by atoms with Gasteiger partial charge in [-0.1, -0.05) is 25.4 Å². The van der Waals surface area contributed by atoms with Crippen molar-refractivity contribution in [1.82, 2.24) is 25.5 Å². The Balaban J connectivity index is 1.80. The van der Waals surface area contributed by atoms with Gasteiger partial charge in [-0.05, 0) is 13.0 Å². The molecule has 0 unspecified atom stereocenters. The van der Waals surface area contributed by atoms with Crippen molar-refractivity contribution < 1.29 is 4.79 Å². The molecule has 0 radical (unpaired) electrons. The van der Waals surface area contributed by atoms with Crippen molar-refractivity contribution in [2.75, 3.05) is 39.3 Å². The summed E-state index contributed by atoms with van der Waals surface area (Å²) < 4.78 is 0. The second-order valence-corrected chi connectivity index (χ2v) is 6.19. The van der Waals surface area contributed by atoms with E-state index in [1.165, 1.54) is 6.20 Å².